The summed E-state index contributed by atoms with van der Waals surface area (Å²) in [6.45, 7) is 6.79. The molecular formula is C25H24O. The van der Waals surface area contributed by atoms with E-state index in [-0.39, 0.29) is 5.41 Å². The van der Waals surface area contributed by atoms with E-state index >= 15 is 0 Å². The SMILES string of the molecule is C[C@H]1C2C=CC=CC1c1oc3c4c(ccc3c1C=C2)C=CC(C)(C)C=C4. The summed E-state index contributed by atoms with van der Waals surface area (Å²) >= 11 is 0. The summed E-state index contributed by atoms with van der Waals surface area (Å²) in [7, 11) is 0. The predicted molar refractivity (Wildman–Crippen MR) is 111 cm³/mol. The lowest BCUT2D eigenvalue weighted by atomic mass is 9.83. The van der Waals surface area contributed by atoms with Crippen molar-refractivity contribution in [3.63, 3.8) is 0 Å². The average molecular weight is 340 g/mol. The molecule has 0 aliphatic heterocycles. The Bertz CT molecular complexity index is 1040. The molecule has 26 heavy (non-hydrogen) atoms. The van der Waals surface area contributed by atoms with Crippen LogP contribution in [0.2, 0.25) is 0 Å². The zero-order valence-electron chi connectivity index (χ0n) is 15.6. The number of hydrogen-bond acceptors (Lipinski definition) is 1. The smallest absolute Gasteiger partial charge is 0.142 e. The molecule has 1 aromatic carbocycles. The fourth-order valence-electron chi connectivity index (χ4n) is 4.37. The first-order chi connectivity index (χ1) is 12.5. The van der Waals surface area contributed by atoms with Crippen LogP contribution in [0.5, 0.6) is 0 Å². The number of allylic oxidation sites excluding steroid dienone is 7. The Kier molecular flexibility index (Phi) is 3.31. The van der Waals surface area contributed by atoms with Crippen molar-refractivity contribution in [2.24, 2.45) is 17.3 Å². The molecule has 0 saturated carbocycles. The average Bonchev–Trinajstić information content (AvgIpc) is 2.71. The second-order valence-corrected chi connectivity index (χ2v) is 8.40. The van der Waals surface area contributed by atoms with Crippen LogP contribution in [0.3, 0.4) is 0 Å². The molecule has 2 unspecified atom stereocenters. The summed E-state index contributed by atoms with van der Waals surface area (Å²) in [5, 5.41) is 1.23. The van der Waals surface area contributed by atoms with Gasteiger partial charge >= 0.3 is 0 Å². The Labute approximate surface area is 155 Å². The van der Waals surface area contributed by atoms with Gasteiger partial charge in [-0.2, -0.15) is 0 Å². The molecule has 5 rings (SSSR count). The Morgan fingerprint density at radius 3 is 2.58 bits per heavy atom. The van der Waals surface area contributed by atoms with Crippen molar-refractivity contribution >= 4 is 29.2 Å². The maximum atomic E-state index is 6.59. The van der Waals surface area contributed by atoms with E-state index < -0.39 is 0 Å². The third-order valence-electron chi connectivity index (χ3n) is 6.09. The lowest BCUT2D eigenvalue weighted by molar-refractivity contribution is 0.402. The maximum absolute atomic E-state index is 6.59. The molecule has 3 aliphatic carbocycles. The molecule has 1 heteroatoms. The molecule has 1 nitrogen and oxygen atoms in total. The Balaban J connectivity index is 1.78. The molecule has 3 aliphatic rings. The van der Waals surface area contributed by atoms with E-state index in [2.05, 4.69) is 93.7 Å². The highest BCUT2D eigenvalue weighted by atomic mass is 16.3. The molecule has 2 aromatic rings. The zero-order valence-corrected chi connectivity index (χ0v) is 15.6. The zero-order chi connectivity index (χ0) is 17.9. The van der Waals surface area contributed by atoms with Crippen LogP contribution in [0.25, 0.3) is 29.2 Å². The van der Waals surface area contributed by atoms with Gasteiger partial charge in [-0.1, -0.05) is 87.6 Å². The number of furan rings is 1. The van der Waals surface area contributed by atoms with Gasteiger partial charge in [0.05, 0.1) is 0 Å². The number of benzene rings is 1. The van der Waals surface area contributed by atoms with Crippen LogP contribution in [0.4, 0.5) is 0 Å². The van der Waals surface area contributed by atoms with Crippen LogP contribution < -0.4 is 0 Å². The first-order valence-electron chi connectivity index (χ1n) is 9.54. The summed E-state index contributed by atoms with van der Waals surface area (Å²) in [6.07, 6.45) is 22.6. The normalized spacial score (nSPS) is 27.7. The van der Waals surface area contributed by atoms with Crippen molar-refractivity contribution in [3.8, 4) is 0 Å². The standard InChI is InChI=1S/C25H24O/c1-16-17-6-4-5-7-19(16)23-21(10-8-17)22-11-9-18-12-14-25(2,3)15-13-20(18)24(22)26-23/h4-17,19H,1-3H3/t16-,17?,19?/m0/s1. The second kappa shape index (κ2) is 5.48. The fraction of sp³-hybridized carbons (Fsp3) is 0.280. The minimum absolute atomic E-state index is 0.0619. The van der Waals surface area contributed by atoms with Crippen molar-refractivity contribution in [2.75, 3.05) is 0 Å². The van der Waals surface area contributed by atoms with Crippen LogP contribution in [0, 0.1) is 17.3 Å². The summed E-state index contributed by atoms with van der Waals surface area (Å²) in [6, 6.07) is 4.46. The molecule has 0 amide bonds. The minimum Gasteiger partial charge on any atom is -0.459 e. The summed E-state index contributed by atoms with van der Waals surface area (Å²) in [4.78, 5) is 0. The summed E-state index contributed by atoms with van der Waals surface area (Å²) in [5.74, 6) is 2.37. The third-order valence-corrected chi connectivity index (χ3v) is 6.09. The van der Waals surface area contributed by atoms with Crippen molar-refractivity contribution < 1.29 is 4.42 Å². The first-order valence-corrected chi connectivity index (χ1v) is 9.54. The van der Waals surface area contributed by atoms with E-state index in [1.54, 1.807) is 0 Å². The minimum atomic E-state index is 0.0619. The highest BCUT2D eigenvalue weighted by molar-refractivity contribution is 5.97. The Morgan fingerprint density at radius 1 is 0.885 bits per heavy atom. The van der Waals surface area contributed by atoms with Crippen LogP contribution in [-0.4, -0.2) is 0 Å². The molecule has 0 saturated heterocycles. The molecule has 2 bridgehead atoms. The van der Waals surface area contributed by atoms with Gasteiger partial charge in [0.15, 0.2) is 0 Å². The summed E-state index contributed by atoms with van der Waals surface area (Å²) < 4.78 is 6.59. The second-order valence-electron chi connectivity index (χ2n) is 8.40. The fourth-order valence-corrected chi connectivity index (χ4v) is 4.37. The van der Waals surface area contributed by atoms with Gasteiger partial charge in [0.1, 0.15) is 11.3 Å². The molecule has 130 valence electrons. The molecule has 1 aromatic heterocycles. The monoisotopic (exact) mass is 340 g/mol. The topological polar surface area (TPSA) is 13.1 Å². The van der Waals surface area contributed by atoms with E-state index in [1.165, 1.54) is 22.1 Å². The third kappa shape index (κ3) is 2.30. The molecule has 1 heterocycles. The molecule has 0 spiro atoms. The van der Waals surface area contributed by atoms with Crippen LogP contribution in [0.15, 0.2) is 59.1 Å². The van der Waals surface area contributed by atoms with Gasteiger partial charge in [-0.15, -0.1) is 0 Å². The lowest BCUT2D eigenvalue weighted by Gasteiger charge is -2.21. The van der Waals surface area contributed by atoms with Crippen molar-refractivity contribution in [1.82, 2.24) is 0 Å². The first kappa shape index (κ1) is 15.7. The highest BCUT2D eigenvalue weighted by Gasteiger charge is 2.31. The quantitative estimate of drug-likeness (QED) is 0.504. The van der Waals surface area contributed by atoms with Crippen molar-refractivity contribution in [3.05, 3.63) is 77.1 Å². The molecular weight excluding hydrogens is 316 g/mol. The predicted octanol–water partition coefficient (Wildman–Crippen LogP) is 6.99. The van der Waals surface area contributed by atoms with Crippen LogP contribution >= 0.6 is 0 Å². The van der Waals surface area contributed by atoms with Gasteiger partial charge in [-0.3, -0.25) is 0 Å². The van der Waals surface area contributed by atoms with Crippen molar-refractivity contribution in [2.45, 2.75) is 26.7 Å². The van der Waals surface area contributed by atoms with E-state index in [1.807, 2.05) is 0 Å². The van der Waals surface area contributed by atoms with Crippen LogP contribution in [-0.2, 0) is 0 Å². The van der Waals surface area contributed by atoms with E-state index in [9.17, 15) is 0 Å². The van der Waals surface area contributed by atoms with Gasteiger partial charge in [0.2, 0.25) is 0 Å². The molecule has 3 atom stereocenters. The van der Waals surface area contributed by atoms with Crippen LogP contribution in [0.1, 0.15) is 49.1 Å². The van der Waals surface area contributed by atoms with E-state index in [0.717, 1.165) is 11.3 Å². The van der Waals surface area contributed by atoms with E-state index in [0.29, 0.717) is 17.8 Å². The number of rotatable bonds is 0. The number of hydrogen-bond donors (Lipinski definition) is 0. The summed E-state index contributed by atoms with van der Waals surface area (Å²) in [5.41, 5.74) is 4.77. The largest absolute Gasteiger partial charge is 0.459 e. The number of fused-ring (bicyclic) bond motifs is 8. The Hall–Kier alpha value is -2.54. The molecule has 0 N–H and O–H groups in total. The van der Waals surface area contributed by atoms with Gasteiger partial charge in [0, 0.05) is 27.8 Å². The van der Waals surface area contributed by atoms with Crippen molar-refractivity contribution in [1.29, 1.82) is 0 Å². The van der Waals surface area contributed by atoms with Gasteiger partial charge in [-0.05, 0) is 23.5 Å². The molecule has 0 radical (unpaired) electrons. The lowest BCUT2D eigenvalue weighted by Crippen LogP contribution is -2.13. The van der Waals surface area contributed by atoms with E-state index in [4.69, 9.17) is 4.42 Å². The highest BCUT2D eigenvalue weighted by Crippen LogP contribution is 2.45. The Morgan fingerprint density at radius 2 is 1.69 bits per heavy atom. The van der Waals surface area contributed by atoms with Gasteiger partial charge < -0.3 is 4.42 Å². The maximum Gasteiger partial charge on any atom is 0.142 e. The molecule has 0 fully saturated rings. The van der Waals surface area contributed by atoms with Gasteiger partial charge in [0.25, 0.3) is 0 Å². The van der Waals surface area contributed by atoms with Gasteiger partial charge in [-0.25, -0.2) is 0 Å².